The van der Waals surface area contributed by atoms with Gasteiger partial charge in [0.2, 0.25) is 0 Å². The van der Waals surface area contributed by atoms with Crippen LogP contribution in [0.1, 0.15) is 26.4 Å². The molecule has 1 fully saturated rings. The number of nitro groups is 1. The number of nitro benzene ring substituents is 1. The standard InChI is InChI=1S/C16H16FN5O5S/c1-9-11(17)6-10(7-13(9)22(25)26)14(23)19-20-15(24)12-8-28-16(18-12)21-2-4-27-5-3-21/h6-8H,2-5H2,1H3,(H,19,23)(H,20,24). The summed E-state index contributed by atoms with van der Waals surface area (Å²) in [5, 5.41) is 13.2. The predicted molar refractivity (Wildman–Crippen MR) is 97.9 cm³/mol. The first-order chi connectivity index (χ1) is 13.4. The summed E-state index contributed by atoms with van der Waals surface area (Å²) in [5.74, 6) is -2.44. The summed E-state index contributed by atoms with van der Waals surface area (Å²) in [5.41, 5.74) is 3.38. The van der Waals surface area contributed by atoms with Gasteiger partial charge < -0.3 is 9.64 Å². The zero-order valence-corrected chi connectivity index (χ0v) is 15.5. The normalized spacial score (nSPS) is 13.9. The number of ether oxygens (including phenoxy) is 1. The molecule has 2 amide bonds. The lowest BCUT2D eigenvalue weighted by atomic mass is 10.1. The van der Waals surface area contributed by atoms with E-state index in [9.17, 15) is 24.1 Å². The molecule has 1 saturated heterocycles. The molecular formula is C16H16FN5O5S. The number of nitrogens with zero attached hydrogens (tertiary/aromatic N) is 3. The van der Waals surface area contributed by atoms with Gasteiger partial charge in [0.05, 0.1) is 29.3 Å². The maximum atomic E-state index is 13.8. The van der Waals surface area contributed by atoms with Gasteiger partial charge in [0, 0.05) is 24.5 Å². The fourth-order valence-electron chi connectivity index (χ4n) is 2.50. The van der Waals surface area contributed by atoms with Crippen LogP contribution >= 0.6 is 11.3 Å². The van der Waals surface area contributed by atoms with Crippen LogP contribution in [-0.4, -0.2) is 48.0 Å². The lowest BCUT2D eigenvalue weighted by Gasteiger charge is -2.25. The summed E-state index contributed by atoms with van der Waals surface area (Å²) in [6.07, 6.45) is 0. The second-order valence-corrected chi connectivity index (χ2v) is 6.72. The molecule has 0 atom stereocenters. The molecule has 0 radical (unpaired) electrons. The third-order valence-corrected chi connectivity index (χ3v) is 4.97. The molecule has 0 aliphatic carbocycles. The smallest absolute Gasteiger partial charge is 0.289 e. The zero-order valence-electron chi connectivity index (χ0n) is 14.7. The minimum atomic E-state index is -0.890. The molecule has 1 aliphatic rings. The highest BCUT2D eigenvalue weighted by Crippen LogP contribution is 2.23. The van der Waals surface area contributed by atoms with Crippen LogP contribution in [-0.2, 0) is 4.74 Å². The van der Waals surface area contributed by atoms with Crippen molar-refractivity contribution < 1.29 is 23.6 Å². The molecule has 0 spiro atoms. The van der Waals surface area contributed by atoms with Crippen LogP contribution in [0.4, 0.5) is 15.2 Å². The number of amides is 2. The number of anilines is 1. The fraction of sp³-hybridized carbons (Fsp3) is 0.312. The number of carbonyl (C=O) groups is 2. The SMILES string of the molecule is Cc1c(F)cc(C(=O)NNC(=O)c2csc(N3CCOCC3)n2)cc1[N+](=O)[O-]. The third kappa shape index (κ3) is 4.23. The molecule has 1 aromatic heterocycles. The Morgan fingerprint density at radius 1 is 1.29 bits per heavy atom. The molecule has 2 heterocycles. The van der Waals surface area contributed by atoms with Gasteiger partial charge >= 0.3 is 0 Å². The Morgan fingerprint density at radius 3 is 2.64 bits per heavy atom. The van der Waals surface area contributed by atoms with Gasteiger partial charge in [-0.15, -0.1) is 11.3 Å². The van der Waals surface area contributed by atoms with Gasteiger partial charge in [0.1, 0.15) is 11.5 Å². The lowest BCUT2D eigenvalue weighted by Crippen LogP contribution is -2.42. The molecule has 3 rings (SSSR count). The molecule has 0 unspecified atom stereocenters. The summed E-state index contributed by atoms with van der Waals surface area (Å²) < 4.78 is 19.1. The van der Waals surface area contributed by atoms with Crippen LogP contribution in [0.25, 0.3) is 0 Å². The second-order valence-electron chi connectivity index (χ2n) is 5.88. The van der Waals surface area contributed by atoms with E-state index in [4.69, 9.17) is 4.74 Å². The van der Waals surface area contributed by atoms with E-state index in [-0.39, 0.29) is 16.8 Å². The number of carbonyl (C=O) groups excluding carboxylic acids is 2. The van der Waals surface area contributed by atoms with Gasteiger partial charge in [0.25, 0.3) is 17.5 Å². The Bertz CT molecular complexity index is 928. The average molecular weight is 409 g/mol. The minimum Gasteiger partial charge on any atom is -0.378 e. The van der Waals surface area contributed by atoms with Crippen LogP contribution in [0.15, 0.2) is 17.5 Å². The van der Waals surface area contributed by atoms with Crippen molar-refractivity contribution in [3.8, 4) is 0 Å². The Labute approximate surface area is 162 Å². The van der Waals surface area contributed by atoms with E-state index in [0.717, 1.165) is 12.1 Å². The number of benzene rings is 1. The lowest BCUT2D eigenvalue weighted by molar-refractivity contribution is -0.385. The second kappa shape index (κ2) is 8.27. The highest BCUT2D eigenvalue weighted by atomic mass is 32.1. The number of halogens is 1. The van der Waals surface area contributed by atoms with Crippen molar-refractivity contribution in [3.05, 3.63) is 50.3 Å². The minimum absolute atomic E-state index is 0.104. The first kappa shape index (κ1) is 19.6. The van der Waals surface area contributed by atoms with Crippen LogP contribution < -0.4 is 15.8 Å². The molecule has 10 nitrogen and oxygen atoms in total. The van der Waals surface area contributed by atoms with Crippen molar-refractivity contribution in [2.75, 3.05) is 31.2 Å². The highest BCUT2D eigenvalue weighted by molar-refractivity contribution is 7.13. The van der Waals surface area contributed by atoms with E-state index in [2.05, 4.69) is 15.8 Å². The van der Waals surface area contributed by atoms with E-state index in [0.29, 0.717) is 31.4 Å². The van der Waals surface area contributed by atoms with Crippen LogP contribution in [0.3, 0.4) is 0 Å². The van der Waals surface area contributed by atoms with Crippen molar-refractivity contribution in [1.29, 1.82) is 0 Å². The summed E-state index contributed by atoms with van der Waals surface area (Å²) in [7, 11) is 0. The van der Waals surface area contributed by atoms with Gasteiger partial charge in [-0.05, 0) is 13.0 Å². The molecule has 148 valence electrons. The number of rotatable bonds is 4. The number of hydrogen-bond donors (Lipinski definition) is 2. The topological polar surface area (TPSA) is 127 Å². The van der Waals surface area contributed by atoms with Crippen molar-refractivity contribution in [2.24, 2.45) is 0 Å². The van der Waals surface area contributed by atoms with Crippen molar-refractivity contribution in [1.82, 2.24) is 15.8 Å². The Morgan fingerprint density at radius 2 is 1.96 bits per heavy atom. The van der Waals surface area contributed by atoms with E-state index < -0.39 is 28.2 Å². The molecule has 12 heteroatoms. The molecule has 28 heavy (non-hydrogen) atoms. The summed E-state index contributed by atoms with van der Waals surface area (Å²) in [4.78, 5) is 40.7. The van der Waals surface area contributed by atoms with E-state index >= 15 is 0 Å². The quantitative estimate of drug-likeness (QED) is 0.577. The molecule has 0 saturated carbocycles. The van der Waals surface area contributed by atoms with Gasteiger partial charge in [-0.2, -0.15) is 0 Å². The van der Waals surface area contributed by atoms with Gasteiger partial charge in [0.15, 0.2) is 5.13 Å². The van der Waals surface area contributed by atoms with E-state index in [1.54, 1.807) is 5.38 Å². The molecular weight excluding hydrogens is 393 g/mol. The summed E-state index contributed by atoms with van der Waals surface area (Å²) in [6.45, 7) is 3.74. The van der Waals surface area contributed by atoms with Crippen LogP contribution in [0.5, 0.6) is 0 Å². The number of hydrogen-bond acceptors (Lipinski definition) is 8. The highest BCUT2D eigenvalue weighted by Gasteiger charge is 2.21. The third-order valence-electron chi connectivity index (χ3n) is 4.07. The molecule has 0 bridgehead atoms. The Kier molecular flexibility index (Phi) is 5.80. The molecule has 2 N–H and O–H groups in total. The molecule has 1 aromatic carbocycles. The summed E-state index contributed by atoms with van der Waals surface area (Å²) >= 11 is 1.28. The largest absolute Gasteiger partial charge is 0.378 e. The summed E-state index contributed by atoms with van der Waals surface area (Å²) in [6, 6.07) is 1.81. The number of hydrazine groups is 1. The Hall–Kier alpha value is -3.12. The monoisotopic (exact) mass is 409 g/mol. The molecule has 1 aliphatic heterocycles. The first-order valence-electron chi connectivity index (χ1n) is 8.20. The van der Waals surface area contributed by atoms with Crippen molar-refractivity contribution in [2.45, 2.75) is 6.92 Å². The number of aromatic nitrogens is 1. The predicted octanol–water partition coefficient (Wildman–Crippen LogP) is 1.41. The number of thiazole rings is 1. The first-order valence-corrected chi connectivity index (χ1v) is 9.08. The van der Waals surface area contributed by atoms with E-state index in [1.807, 2.05) is 4.90 Å². The number of morpholine rings is 1. The van der Waals surface area contributed by atoms with Crippen LogP contribution in [0, 0.1) is 22.9 Å². The Balaban J connectivity index is 1.64. The number of nitrogens with one attached hydrogen (secondary N) is 2. The van der Waals surface area contributed by atoms with Gasteiger partial charge in [-0.1, -0.05) is 0 Å². The maximum Gasteiger partial charge on any atom is 0.289 e. The van der Waals surface area contributed by atoms with Crippen molar-refractivity contribution in [3.63, 3.8) is 0 Å². The average Bonchev–Trinajstić information content (AvgIpc) is 3.18. The fourth-order valence-corrected chi connectivity index (χ4v) is 3.36. The zero-order chi connectivity index (χ0) is 20.3. The van der Waals surface area contributed by atoms with E-state index in [1.165, 1.54) is 18.3 Å². The van der Waals surface area contributed by atoms with Crippen LogP contribution in [0.2, 0.25) is 0 Å². The van der Waals surface area contributed by atoms with Gasteiger partial charge in [-0.3, -0.25) is 30.6 Å². The van der Waals surface area contributed by atoms with Gasteiger partial charge in [-0.25, -0.2) is 9.37 Å². The van der Waals surface area contributed by atoms with Crippen molar-refractivity contribution >= 4 is 34.0 Å². The molecule has 2 aromatic rings. The maximum absolute atomic E-state index is 13.8.